The Morgan fingerprint density at radius 2 is 2.17 bits per heavy atom. The van der Waals surface area contributed by atoms with E-state index in [-0.39, 0.29) is 12.1 Å². The third kappa shape index (κ3) is 2.71. The number of rotatable bonds is 4. The average molecular weight is 265 g/mol. The second-order valence-corrected chi connectivity index (χ2v) is 4.95. The van der Waals surface area contributed by atoms with E-state index in [4.69, 9.17) is 17.3 Å². The van der Waals surface area contributed by atoms with E-state index in [0.29, 0.717) is 11.4 Å². The lowest BCUT2D eigenvalue weighted by atomic mass is 10.1. The summed E-state index contributed by atoms with van der Waals surface area (Å²) < 4.78 is 1.87. The molecule has 4 nitrogen and oxygen atoms in total. The van der Waals surface area contributed by atoms with E-state index in [9.17, 15) is 0 Å². The fourth-order valence-electron chi connectivity index (χ4n) is 1.95. The molecule has 0 amide bonds. The molecule has 0 bridgehead atoms. The van der Waals surface area contributed by atoms with Crippen LogP contribution in [-0.2, 0) is 6.42 Å². The standard InChI is InChI=1S/C13H17ClN4/c1-9(2)18-13(11(14)8-17-18)12(15)7-10-5-3-4-6-16-10/h3-6,8-9,12H,7,15H2,1-2H3. The molecule has 1 atom stereocenters. The van der Waals surface area contributed by atoms with Gasteiger partial charge in [-0.2, -0.15) is 5.10 Å². The molecule has 0 fully saturated rings. The summed E-state index contributed by atoms with van der Waals surface area (Å²) in [4.78, 5) is 4.28. The summed E-state index contributed by atoms with van der Waals surface area (Å²) in [5, 5.41) is 4.88. The first-order chi connectivity index (χ1) is 8.59. The molecule has 0 radical (unpaired) electrons. The van der Waals surface area contributed by atoms with Gasteiger partial charge >= 0.3 is 0 Å². The van der Waals surface area contributed by atoms with Gasteiger partial charge in [0.1, 0.15) is 0 Å². The molecule has 0 aliphatic carbocycles. The molecule has 2 rings (SSSR count). The maximum absolute atomic E-state index is 6.23. The highest BCUT2D eigenvalue weighted by molar-refractivity contribution is 6.31. The zero-order chi connectivity index (χ0) is 13.1. The molecule has 0 aliphatic heterocycles. The van der Waals surface area contributed by atoms with Crippen LogP contribution in [0, 0.1) is 0 Å². The van der Waals surface area contributed by atoms with Gasteiger partial charge in [0.2, 0.25) is 0 Å². The second kappa shape index (κ2) is 5.50. The predicted molar refractivity (Wildman–Crippen MR) is 72.5 cm³/mol. The Kier molecular flexibility index (Phi) is 3.99. The zero-order valence-electron chi connectivity index (χ0n) is 10.5. The molecular formula is C13H17ClN4. The largest absolute Gasteiger partial charge is 0.322 e. The number of hydrogen-bond donors (Lipinski definition) is 1. The van der Waals surface area contributed by atoms with Gasteiger partial charge in [-0.25, -0.2) is 0 Å². The third-order valence-corrected chi connectivity index (χ3v) is 3.07. The number of nitrogens with zero attached hydrogens (tertiary/aromatic N) is 3. The topological polar surface area (TPSA) is 56.7 Å². The first-order valence-corrected chi connectivity index (χ1v) is 6.35. The van der Waals surface area contributed by atoms with Gasteiger partial charge in [-0.15, -0.1) is 0 Å². The van der Waals surface area contributed by atoms with Crippen LogP contribution in [-0.4, -0.2) is 14.8 Å². The maximum atomic E-state index is 6.23. The Morgan fingerprint density at radius 1 is 1.39 bits per heavy atom. The Bertz CT molecular complexity index is 507. The molecule has 2 heterocycles. The first kappa shape index (κ1) is 13.1. The molecule has 2 aromatic rings. The highest BCUT2D eigenvalue weighted by Gasteiger charge is 2.19. The Labute approximate surface area is 112 Å². The van der Waals surface area contributed by atoms with E-state index in [2.05, 4.69) is 23.9 Å². The van der Waals surface area contributed by atoms with Crippen LogP contribution in [0.1, 0.15) is 37.3 Å². The molecule has 96 valence electrons. The lowest BCUT2D eigenvalue weighted by molar-refractivity contribution is 0.484. The van der Waals surface area contributed by atoms with Crippen molar-refractivity contribution in [3.63, 3.8) is 0 Å². The van der Waals surface area contributed by atoms with Gasteiger partial charge in [0.05, 0.1) is 23.0 Å². The highest BCUT2D eigenvalue weighted by atomic mass is 35.5. The molecule has 18 heavy (non-hydrogen) atoms. The van der Waals surface area contributed by atoms with Crippen LogP contribution in [0.15, 0.2) is 30.6 Å². The Balaban J connectivity index is 2.23. The van der Waals surface area contributed by atoms with Crippen LogP contribution in [0.2, 0.25) is 5.02 Å². The molecule has 1 unspecified atom stereocenters. The van der Waals surface area contributed by atoms with Gasteiger partial charge in [-0.1, -0.05) is 17.7 Å². The number of hydrogen-bond acceptors (Lipinski definition) is 3. The summed E-state index contributed by atoms with van der Waals surface area (Å²) in [7, 11) is 0. The monoisotopic (exact) mass is 264 g/mol. The lowest BCUT2D eigenvalue weighted by Crippen LogP contribution is -2.20. The van der Waals surface area contributed by atoms with Crippen molar-refractivity contribution in [2.75, 3.05) is 0 Å². The van der Waals surface area contributed by atoms with Gasteiger partial charge in [-0.05, 0) is 26.0 Å². The van der Waals surface area contributed by atoms with Crippen molar-refractivity contribution in [3.8, 4) is 0 Å². The van der Waals surface area contributed by atoms with Gasteiger partial charge in [0.15, 0.2) is 0 Å². The molecule has 0 saturated heterocycles. The van der Waals surface area contributed by atoms with E-state index in [1.807, 2.05) is 22.9 Å². The van der Waals surface area contributed by atoms with E-state index in [1.54, 1.807) is 12.4 Å². The SMILES string of the molecule is CC(C)n1ncc(Cl)c1C(N)Cc1ccccn1. The summed E-state index contributed by atoms with van der Waals surface area (Å²) in [6.07, 6.45) is 4.07. The first-order valence-electron chi connectivity index (χ1n) is 5.98. The normalized spacial score (nSPS) is 12.9. The van der Waals surface area contributed by atoms with Crippen molar-refractivity contribution in [3.05, 3.63) is 47.0 Å². The predicted octanol–water partition coefficient (Wildman–Crippen LogP) is 2.75. The molecule has 0 spiro atoms. The Hall–Kier alpha value is -1.39. The van der Waals surface area contributed by atoms with Crippen LogP contribution in [0.3, 0.4) is 0 Å². The molecule has 0 aliphatic rings. The van der Waals surface area contributed by atoms with Crippen molar-refractivity contribution >= 4 is 11.6 Å². The zero-order valence-corrected chi connectivity index (χ0v) is 11.3. The van der Waals surface area contributed by atoms with Gasteiger partial charge < -0.3 is 5.73 Å². The molecule has 2 N–H and O–H groups in total. The fraction of sp³-hybridized carbons (Fsp3) is 0.385. The highest BCUT2D eigenvalue weighted by Crippen LogP contribution is 2.25. The van der Waals surface area contributed by atoms with Crippen LogP contribution >= 0.6 is 11.6 Å². The second-order valence-electron chi connectivity index (χ2n) is 4.55. The quantitative estimate of drug-likeness (QED) is 0.924. The van der Waals surface area contributed by atoms with E-state index in [0.717, 1.165) is 11.4 Å². The molecular weight excluding hydrogens is 248 g/mol. The van der Waals surface area contributed by atoms with Crippen molar-refractivity contribution in [2.24, 2.45) is 5.73 Å². The van der Waals surface area contributed by atoms with Gasteiger partial charge in [-0.3, -0.25) is 9.67 Å². The molecule has 5 heteroatoms. The van der Waals surface area contributed by atoms with Crippen molar-refractivity contribution in [1.29, 1.82) is 0 Å². The number of pyridine rings is 1. The minimum Gasteiger partial charge on any atom is -0.322 e. The lowest BCUT2D eigenvalue weighted by Gasteiger charge is -2.17. The van der Waals surface area contributed by atoms with Crippen LogP contribution in [0.4, 0.5) is 0 Å². The van der Waals surface area contributed by atoms with Crippen LogP contribution < -0.4 is 5.73 Å². The maximum Gasteiger partial charge on any atom is 0.0834 e. The summed E-state index contributed by atoms with van der Waals surface area (Å²) in [5.74, 6) is 0. The van der Waals surface area contributed by atoms with Crippen LogP contribution in [0.5, 0.6) is 0 Å². The number of nitrogens with two attached hydrogens (primary N) is 1. The smallest absolute Gasteiger partial charge is 0.0834 e. The minimum absolute atomic E-state index is 0.197. The Morgan fingerprint density at radius 3 is 2.78 bits per heavy atom. The van der Waals surface area contributed by atoms with Gasteiger partial charge in [0, 0.05) is 24.4 Å². The average Bonchev–Trinajstić information content (AvgIpc) is 2.72. The number of halogens is 1. The van der Waals surface area contributed by atoms with Crippen LogP contribution in [0.25, 0.3) is 0 Å². The van der Waals surface area contributed by atoms with E-state index < -0.39 is 0 Å². The molecule has 0 saturated carbocycles. The summed E-state index contributed by atoms with van der Waals surface area (Å²) in [6.45, 7) is 4.11. The van der Waals surface area contributed by atoms with Crippen molar-refractivity contribution in [2.45, 2.75) is 32.4 Å². The molecule has 0 aromatic carbocycles. The third-order valence-electron chi connectivity index (χ3n) is 2.78. The molecule has 2 aromatic heterocycles. The van der Waals surface area contributed by atoms with Crippen molar-refractivity contribution < 1.29 is 0 Å². The van der Waals surface area contributed by atoms with E-state index >= 15 is 0 Å². The fourth-order valence-corrected chi connectivity index (χ4v) is 2.22. The number of aromatic nitrogens is 3. The summed E-state index contributed by atoms with van der Waals surface area (Å²) >= 11 is 6.17. The summed E-state index contributed by atoms with van der Waals surface area (Å²) in [5.41, 5.74) is 8.05. The van der Waals surface area contributed by atoms with Gasteiger partial charge in [0.25, 0.3) is 0 Å². The van der Waals surface area contributed by atoms with Crippen molar-refractivity contribution in [1.82, 2.24) is 14.8 Å². The van der Waals surface area contributed by atoms with E-state index in [1.165, 1.54) is 0 Å². The minimum atomic E-state index is -0.197. The summed E-state index contributed by atoms with van der Waals surface area (Å²) in [6, 6.07) is 5.85.